The second-order valence-corrected chi connectivity index (χ2v) is 8.55. The number of aryl methyl sites for hydroxylation is 1. The lowest BCUT2D eigenvalue weighted by atomic mass is 10.2. The van der Waals surface area contributed by atoms with Crippen LogP contribution in [0.3, 0.4) is 0 Å². The molecular weight excluding hydrogens is 353 g/mol. The van der Waals surface area contributed by atoms with E-state index in [2.05, 4.69) is 5.32 Å². The first-order valence-corrected chi connectivity index (χ1v) is 11.2. The second-order valence-electron chi connectivity index (χ2n) is 5.56. The van der Waals surface area contributed by atoms with Gasteiger partial charge in [0.15, 0.2) is 5.78 Å². The Morgan fingerprint density at radius 3 is 2.04 bits per heavy atom. The Morgan fingerprint density at radius 1 is 1.00 bits per heavy atom. The SMILES string of the molecule is CCOP(=O)(OCC)C(Nc1ccc(C)cc1)c1ccc(SC)cc1. The van der Waals surface area contributed by atoms with Crippen LogP contribution in [0.4, 0.5) is 5.69 Å². The summed E-state index contributed by atoms with van der Waals surface area (Å²) in [5.74, 6) is -0.564. The smallest absolute Gasteiger partial charge is 0.357 e. The van der Waals surface area contributed by atoms with Crippen LogP contribution in [0.2, 0.25) is 0 Å². The molecule has 0 amide bonds. The zero-order valence-electron chi connectivity index (χ0n) is 15.2. The third-order valence-corrected chi connectivity index (χ3v) is 6.76. The normalized spacial score (nSPS) is 12.8. The average Bonchev–Trinajstić information content (AvgIpc) is 2.62. The maximum Gasteiger partial charge on any atom is 0.357 e. The van der Waals surface area contributed by atoms with E-state index in [-0.39, 0.29) is 0 Å². The van der Waals surface area contributed by atoms with Crippen LogP contribution < -0.4 is 5.32 Å². The van der Waals surface area contributed by atoms with Crippen LogP contribution in [0.5, 0.6) is 0 Å². The number of nitrogens with one attached hydrogen (secondary N) is 1. The van der Waals surface area contributed by atoms with Gasteiger partial charge in [-0.15, -0.1) is 11.8 Å². The molecule has 1 N–H and O–H groups in total. The number of benzene rings is 2. The van der Waals surface area contributed by atoms with Crippen molar-refractivity contribution in [3.05, 3.63) is 59.7 Å². The predicted molar refractivity (Wildman–Crippen MR) is 107 cm³/mol. The van der Waals surface area contributed by atoms with Crippen LogP contribution in [0.25, 0.3) is 0 Å². The minimum Gasteiger partial charge on any atom is -0.368 e. The zero-order chi connectivity index (χ0) is 18.3. The molecule has 2 aromatic carbocycles. The molecule has 0 fully saturated rings. The molecule has 0 aromatic heterocycles. The van der Waals surface area contributed by atoms with Crippen LogP contribution in [-0.2, 0) is 13.6 Å². The van der Waals surface area contributed by atoms with Crippen LogP contribution in [0, 0.1) is 6.92 Å². The Kier molecular flexibility index (Phi) is 7.57. The first-order chi connectivity index (χ1) is 12.0. The standard InChI is InChI=1S/C19H26NO3PS/c1-5-22-24(21,23-6-2)19(16-9-13-18(25-4)14-10-16)20-17-11-7-15(3)8-12-17/h7-14,19-20H,5-6H2,1-4H3. The third-order valence-electron chi connectivity index (χ3n) is 3.72. The highest BCUT2D eigenvalue weighted by Gasteiger charge is 2.37. The molecule has 0 saturated carbocycles. The minimum absolute atomic E-state index is 0.326. The van der Waals surface area contributed by atoms with Gasteiger partial charge in [0.05, 0.1) is 13.2 Å². The summed E-state index contributed by atoms with van der Waals surface area (Å²) in [5.41, 5.74) is 2.93. The molecule has 25 heavy (non-hydrogen) atoms. The second kappa shape index (κ2) is 9.44. The molecule has 0 heterocycles. The summed E-state index contributed by atoms with van der Waals surface area (Å²) < 4.78 is 24.6. The summed E-state index contributed by atoms with van der Waals surface area (Å²) in [7, 11) is -3.37. The minimum atomic E-state index is -3.37. The molecule has 1 unspecified atom stereocenters. The van der Waals surface area contributed by atoms with Gasteiger partial charge >= 0.3 is 7.60 Å². The fraction of sp³-hybridized carbons (Fsp3) is 0.368. The van der Waals surface area contributed by atoms with Crippen molar-refractivity contribution in [2.24, 2.45) is 0 Å². The molecule has 0 bridgehead atoms. The van der Waals surface area contributed by atoms with Crippen LogP contribution >= 0.6 is 19.4 Å². The van der Waals surface area contributed by atoms with E-state index in [1.54, 1.807) is 11.8 Å². The van der Waals surface area contributed by atoms with Gasteiger partial charge in [0.25, 0.3) is 0 Å². The van der Waals surface area contributed by atoms with Crippen molar-refractivity contribution in [3.63, 3.8) is 0 Å². The average molecular weight is 379 g/mol. The molecule has 0 radical (unpaired) electrons. The summed E-state index contributed by atoms with van der Waals surface area (Å²) >= 11 is 1.67. The fourth-order valence-electron chi connectivity index (χ4n) is 2.49. The molecule has 4 nitrogen and oxygen atoms in total. The monoisotopic (exact) mass is 379 g/mol. The summed E-state index contributed by atoms with van der Waals surface area (Å²) in [6, 6.07) is 16.0. The Morgan fingerprint density at radius 2 is 1.56 bits per heavy atom. The summed E-state index contributed by atoms with van der Waals surface area (Å²) in [6.45, 7) is 6.34. The summed E-state index contributed by atoms with van der Waals surface area (Å²) in [4.78, 5) is 1.15. The van der Waals surface area contributed by atoms with E-state index in [1.807, 2.05) is 75.6 Å². The van der Waals surface area contributed by atoms with Gasteiger partial charge in [0, 0.05) is 10.6 Å². The molecular formula is C19H26NO3PS. The topological polar surface area (TPSA) is 47.6 Å². The highest BCUT2D eigenvalue weighted by atomic mass is 32.2. The molecule has 0 spiro atoms. The molecule has 1 atom stereocenters. The Hall–Kier alpha value is -1.26. The molecule has 0 aliphatic rings. The summed E-state index contributed by atoms with van der Waals surface area (Å²) in [5, 5.41) is 3.35. The molecule has 136 valence electrons. The maximum atomic E-state index is 13.4. The van der Waals surface area contributed by atoms with Gasteiger partial charge in [-0.05, 0) is 56.9 Å². The molecule has 0 aliphatic carbocycles. The van der Waals surface area contributed by atoms with Crippen molar-refractivity contribution in [3.8, 4) is 0 Å². The lowest BCUT2D eigenvalue weighted by Gasteiger charge is -2.28. The van der Waals surface area contributed by atoms with Crippen molar-refractivity contribution in [2.75, 3.05) is 24.8 Å². The molecule has 2 rings (SSSR count). The lowest BCUT2D eigenvalue weighted by Crippen LogP contribution is -2.15. The van der Waals surface area contributed by atoms with Crippen LogP contribution in [-0.4, -0.2) is 19.5 Å². The number of rotatable bonds is 9. The zero-order valence-corrected chi connectivity index (χ0v) is 16.9. The van der Waals surface area contributed by atoms with Crippen LogP contribution in [0.1, 0.15) is 30.8 Å². The van der Waals surface area contributed by atoms with E-state index in [4.69, 9.17) is 9.05 Å². The van der Waals surface area contributed by atoms with E-state index < -0.39 is 13.4 Å². The van der Waals surface area contributed by atoms with E-state index in [9.17, 15) is 4.57 Å². The van der Waals surface area contributed by atoms with Gasteiger partial charge in [-0.3, -0.25) is 4.57 Å². The van der Waals surface area contributed by atoms with Gasteiger partial charge in [-0.2, -0.15) is 0 Å². The maximum absolute atomic E-state index is 13.4. The first kappa shape index (κ1) is 20.1. The number of hydrogen-bond donors (Lipinski definition) is 1. The van der Waals surface area contributed by atoms with E-state index in [0.29, 0.717) is 13.2 Å². The Balaban J connectivity index is 2.41. The van der Waals surface area contributed by atoms with Gasteiger partial charge in [0.1, 0.15) is 0 Å². The van der Waals surface area contributed by atoms with Crippen molar-refractivity contribution in [2.45, 2.75) is 31.4 Å². The van der Waals surface area contributed by atoms with E-state index in [0.717, 1.165) is 16.1 Å². The van der Waals surface area contributed by atoms with Gasteiger partial charge in [-0.1, -0.05) is 29.8 Å². The Labute approximate surface area is 154 Å². The lowest BCUT2D eigenvalue weighted by molar-refractivity contribution is 0.214. The van der Waals surface area contributed by atoms with Gasteiger partial charge < -0.3 is 14.4 Å². The third kappa shape index (κ3) is 5.35. The van der Waals surface area contributed by atoms with Crippen molar-refractivity contribution in [1.82, 2.24) is 0 Å². The molecule has 0 saturated heterocycles. The van der Waals surface area contributed by atoms with Crippen LogP contribution in [0.15, 0.2) is 53.4 Å². The largest absolute Gasteiger partial charge is 0.368 e. The predicted octanol–water partition coefficient (Wildman–Crippen LogP) is 6.09. The highest BCUT2D eigenvalue weighted by Crippen LogP contribution is 2.60. The molecule has 0 aliphatic heterocycles. The number of hydrogen-bond acceptors (Lipinski definition) is 5. The van der Waals surface area contributed by atoms with E-state index in [1.165, 1.54) is 5.56 Å². The highest BCUT2D eigenvalue weighted by molar-refractivity contribution is 7.98. The Bertz CT molecular complexity index is 694. The number of anilines is 1. The van der Waals surface area contributed by atoms with Gasteiger partial charge in [0.2, 0.25) is 0 Å². The van der Waals surface area contributed by atoms with Crippen molar-refractivity contribution < 1.29 is 13.6 Å². The first-order valence-electron chi connectivity index (χ1n) is 8.38. The molecule has 2 aromatic rings. The van der Waals surface area contributed by atoms with Gasteiger partial charge in [-0.25, -0.2) is 0 Å². The quantitative estimate of drug-likeness (QED) is 0.422. The molecule has 6 heteroatoms. The van der Waals surface area contributed by atoms with E-state index >= 15 is 0 Å². The summed E-state index contributed by atoms with van der Waals surface area (Å²) in [6.07, 6.45) is 2.03. The fourth-order valence-corrected chi connectivity index (χ4v) is 4.83. The number of thioether (sulfide) groups is 1. The van der Waals surface area contributed by atoms with Crippen molar-refractivity contribution >= 4 is 25.0 Å². The van der Waals surface area contributed by atoms with Crippen molar-refractivity contribution in [1.29, 1.82) is 0 Å².